The van der Waals surface area contributed by atoms with Crippen LogP contribution in [-0.4, -0.2) is 30.6 Å². The van der Waals surface area contributed by atoms with E-state index >= 15 is 0 Å². The lowest BCUT2D eigenvalue weighted by molar-refractivity contribution is -0.384. The van der Waals surface area contributed by atoms with Crippen molar-refractivity contribution in [3.8, 4) is 0 Å². The SMILES string of the molecule is CNC1(C)CCN(c2ccc(I)cc2[N+](=O)[O-])CC1. The van der Waals surface area contributed by atoms with Gasteiger partial charge in [-0.2, -0.15) is 0 Å². The van der Waals surface area contributed by atoms with E-state index in [1.807, 2.05) is 19.2 Å². The van der Waals surface area contributed by atoms with E-state index in [4.69, 9.17) is 0 Å². The van der Waals surface area contributed by atoms with Crippen molar-refractivity contribution < 1.29 is 4.92 Å². The van der Waals surface area contributed by atoms with E-state index in [2.05, 4.69) is 39.7 Å². The van der Waals surface area contributed by atoms with Gasteiger partial charge in [0.25, 0.3) is 5.69 Å². The first-order chi connectivity index (χ1) is 8.95. The summed E-state index contributed by atoms with van der Waals surface area (Å²) in [5, 5.41) is 14.5. The predicted octanol–water partition coefficient (Wildman–Crippen LogP) is 2.78. The molecule has 1 aliphatic rings. The maximum Gasteiger partial charge on any atom is 0.293 e. The van der Waals surface area contributed by atoms with Gasteiger partial charge >= 0.3 is 0 Å². The Labute approximate surface area is 126 Å². The van der Waals surface area contributed by atoms with Gasteiger partial charge in [-0.05, 0) is 61.5 Å². The predicted molar refractivity (Wildman–Crippen MR) is 84.7 cm³/mol. The molecule has 19 heavy (non-hydrogen) atoms. The Morgan fingerprint density at radius 3 is 2.58 bits per heavy atom. The Bertz CT molecular complexity index is 485. The largest absolute Gasteiger partial charge is 0.366 e. The Morgan fingerprint density at radius 1 is 1.42 bits per heavy atom. The molecule has 0 amide bonds. The summed E-state index contributed by atoms with van der Waals surface area (Å²) in [6.45, 7) is 3.89. The average Bonchev–Trinajstić information content (AvgIpc) is 2.40. The first kappa shape index (κ1) is 14.5. The van der Waals surface area contributed by atoms with E-state index in [1.54, 1.807) is 6.07 Å². The van der Waals surface area contributed by atoms with Gasteiger partial charge in [-0.25, -0.2) is 0 Å². The number of hydrogen-bond donors (Lipinski definition) is 1. The third kappa shape index (κ3) is 3.17. The number of nitrogens with one attached hydrogen (secondary N) is 1. The summed E-state index contributed by atoms with van der Waals surface area (Å²) in [5.74, 6) is 0. The summed E-state index contributed by atoms with van der Waals surface area (Å²) in [6.07, 6.45) is 1.99. The monoisotopic (exact) mass is 375 g/mol. The molecule has 104 valence electrons. The Balaban J connectivity index is 2.22. The lowest BCUT2D eigenvalue weighted by atomic mass is 9.89. The molecule has 1 aliphatic heterocycles. The molecule has 0 unspecified atom stereocenters. The smallest absolute Gasteiger partial charge is 0.293 e. The fourth-order valence-corrected chi connectivity index (χ4v) is 2.88. The zero-order valence-electron chi connectivity index (χ0n) is 11.1. The fraction of sp³-hybridized carbons (Fsp3) is 0.538. The van der Waals surface area contributed by atoms with Crippen molar-refractivity contribution in [2.75, 3.05) is 25.0 Å². The number of halogens is 1. The second-order valence-corrected chi connectivity index (χ2v) is 6.43. The summed E-state index contributed by atoms with van der Waals surface area (Å²) in [5.41, 5.74) is 1.10. The molecule has 1 fully saturated rings. The average molecular weight is 375 g/mol. The molecule has 1 aromatic carbocycles. The van der Waals surface area contributed by atoms with Crippen LogP contribution >= 0.6 is 22.6 Å². The molecule has 1 saturated heterocycles. The van der Waals surface area contributed by atoms with Crippen LogP contribution in [0.1, 0.15) is 19.8 Å². The molecule has 0 bridgehead atoms. The highest BCUT2D eigenvalue weighted by Gasteiger charge is 2.30. The topological polar surface area (TPSA) is 58.4 Å². The van der Waals surface area contributed by atoms with Crippen molar-refractivity contribution in [3.63, 3.8) is 0 Å². The van der Waals surface area contributed by atoms with Gasteiger partial charge in [-0.1, -0.05) is 0 Å². The van der Waals surface area contributed by atoms with Gasteiger partial charge in [0.1, 0.15) is 5.69 Å². The highest BCUT2D eigenvalue weighted by atomic mass is 127. The Kier molecular flexibility index (Phi) is 4.29. The number of rotatable bonds is 3. The lowest BCUT2D eigenvalue weighted by Gasteiger charge is -2.40. The van der Waals surface area contributed by atoms with Crippen LogP contribution in [0.15, 0.2) is 18.2 Å². The van der Waals surface area contributed by atoms with Crippen molar-refractivity contribution in [1.29, 1.82) is 0 Å². The van der Waals surface area contributed by atoms with Crippen LogP contribution in [-0.2, 0) is 0 Å². The third-order valence-electron chi connectivity index (χ3n) is 3.95. The molecule has 6 heteroatoms. The van der Waals surface area contributed by atoms with E-state index in [1.165, 1.54) is 0 Å². The summed E-state index contributed by atoms with van der Waals surface area (Å²) in [4.78, 5) is 13.0. The van der Waals surface area contributed by atoms with E-state index in [-0.39, 0.29) is 16.1 Å². The van der Waals surface area contributed by atoms with Crippen molar-refractivity contribution in [2.45, 2.75) is 25.3 Å². The Morgan fingerprint density at radius 2 is 2.05 bits per heavy atom. The fourth-order valence-electron chi connectivity index (χ4n) is 2.40. The van der Waals surface area contributed by atoms with Crippen LogP contribution in [0.25, 0.3) is 0 Å². The number of piperidine rings is 1. The molecule has 1 N–H and O–H groups in total. The minimum Gasteiger partial charge on any atom is -0.366 e. The van der Waals surface area contributed by atoms with E-state index in [0.717, 1.165) is 35.2 Å². The highest BCUT2D eigenvalue weighted by Crippen LogP contribution is 2.33. The second kappa shape index (κ2) is 5.62. The molecule has 0 aliphatic carbocycles. The van der Waals surface area contributed by atoms with Crippen LogP contribution in [0.5, 0.6) is 0 Å². The van der Waals surface area contributed by atoms with Crippen LogP contribution in [0.2, 0.25) is 0 Å². The number of anilines is 1. The molecule has 2 rings (SSSR count). The number of hydrogen-bond acceptors (Lipinski definition) is 4. The highest BCUT2D eigenvalue weighted by molar-refractivity contribution is 14.1. The van der Waals surface area contributed by atoms with E-state index in [0.29, 0.717) is 0 Å². The van der Waals surface area contributed by atoms with Crippen molar-refractivity contribution >= 4 is 34.0 Å². The summed E-state index contributed by atoms with van der Waals surface area (Å²) >= 11 is 2.10. The second-order valence-electron chi connectivity index (χ2n) is 5.19. The van der Waals surface area contributed by atoms with Gasteiger partial charge in [0, 0.05) is 28.3 Å². The van der Waals surface area contributed by atoms with E-state index in [9.17, 15) is 10.1 Å². The number of nitro benzene ring substituents is 1. The molecule has 0 atom stereocenters. The van der Waals surface area contributed by atoms with Crippen LogP contribution in [0, 0.1) is 13.7 Å². The summed E-state index contributed by atoms with van der Waals surface area (Å²) in [6, 6.07) is 5.43. The first-order valence-electron chi connectivity index (χ1n) is 6.33. The zero-order valence-corrected chi connectivity index (χ0v) is 13.3. The molecule has 1 aromatic rings. The van der Waals surface area contributed by atoms with Gasteiger partial charge < -0.3 is 10.2 Å². The molecular formula is C13H18IN3O2. The van der Waals surface area contributed by atoms with Gasteiger partial charge in [-0.15, -0.1) is 0 Å². The van der Waals surface area contributed by atoms with Gasteiger partial charge in [0.05, 0.1) is 4.92 Å². The minimum absolute atomic E-state index is 0.147. The molecule has 0 saturated carbocycles. The normalized spacial score (nSPS) is 18.4. The molecule has 1 heterocycles. The van der Waals surface area contributed by atoms with Gasteiger partial charge in [0.2, 0.25) is 0 Å². The first-order valence-corrected chi connectivity index (χ1v) is 7.41. The maximum atomic E-state index is 11.2. The van der Waals surface area contributed by atoms with Crippen LogP contribution in [0.3, 0.4) is 0 Å². The quantitative estimate of drug-likeness (QED) is 0.502. The zero-order chi connectivity index (χ0) is 14.0. The number of benzene rings is 1. The third-order valence-corrected chi connectivity index (χ3v) is 4.62. The Hall–Kier alpha value is -0.890. The standard InChI is InChI=1S/C13H18IN3O2/c1-13(15-2)5-7-16(8-6-13)11-4-3-10(14)9-12(11)17(18)19/h3-4,9,15H,5-8H2,1-2H3. The van der Waals surface area contributed by atoms with Crippen molar-refractivity contribution in [1.82, 2.24) is 5.32 Å². The molecule has 0 aromatic heterocycles. The van der Waals surface area contributed by atoms with Crippen LogP contribution in [0.4, 0.5) is 11.4 Å². The number of nitro groups is 1. The van der Waals surface area contributed by atoms with Crippen molar-refractivity contribution in [2.24, 2.45) is 0 Å². The minimum atomic E-state index is -0.288. The van der Waals surface area contributed by atoms with Gasteiger partial charge in [0.15, 0.2) is 0 Å². The number of nitrogens with zero attached hydrogens (tertiary/aromatic N) is 2. The molecule has 0 radical (unpaired) electrons. The van der Waals surface area contributed by atoms with Gasteiger partial charge in [-0.3, -0.25) is 10.1 Å². The van der Waals surface area contributed by atoms with Crippen LogP contribution < -0.4 is 10.2 Å². The lowest BCUT2D eigenvalue weighted by Crippen LogP contribution is -2.50. The summed E-state index contributed by atoms with van der Waals surface area (Å²) in [7, 11) is 1.98. The molecular weight excluding hydrogens is 357 g/mol. The van der Waals surface area contributed by atoms with E-state index < -0.39 is 0 Å². The van der Waals surface area contributed by atoms with Crippen molar-refractivity contribution in [3.05, 3.63) is 31.9 Å². The maximum absolute atomic E-state index is 11.2. The summed E-state index contributed by atoms with van der Waals surface area (Å²) < 4.78 is 0.894. The molecule has 0 spiro atoms. The molecule has 5 nitrogen and oxygen atoms in total.